The quantitative estimate of drug-likeness (QED) is 0.496. The topological polar surface area (TPSA) is 32.6 Å². The summed E-state index contributed by atoms with van der Waals surface area (Å²) in [6.45, 7) is 3.42. The molecule has 1 aliphatic rings. The predicted octanol–water partition coefficient (Wildman–Crippen LogP) is 0.600. The number of hydrogen-bond donors (Lipinski definition) is 1. The van der Waals surface area contributed by atoms with Crippen LogP contribution in [0, 0.1) is 0 Å². The molecule has 0 aromatic rings. The molecule has 2 nitrogen and oxygen atoms in total. The first-order valence-electron chi connectivity index (χ1n) is 2.97. The van der Waals surface area contributed by atoms with E-state index in [0.29, 0.717) is 6.04 Å². The molecule has 1 N–H and O–H groups in total. The van der Waals surface area contributed by atoms with Gasteiger partial charge in [-0.3, -0.25) is 4.99 Å². The second kappa shape index (κ2) is 2.27. The zero-order valence-corrected chi connectivity index (χ0v) is 4.88. The van der Waals surface area contributed by atoms with Gasteiger partial charge in [0, 0.05) is 0 Å². The zero-order valence-electron chi connectivity index (χ0n) is 4.88. The average Bonchev–Trinajstić information content (AvgIpc) is 2.14. The Balaban J connectivity index is 2.32. The molecule has 0 amide bonds. The van der Waals surface area contributed by atoms with Gasteiger partial charge in [-0.15, -0.1) is 0 Å². The molecule has 1 rings (SSSR count). The van der Waals surface area contributed by atoms with Crippen molar-refractivity contribution in [2.45, 2.75) is 31.4 Å². The molecular weight excluding hydrogens is 102 g/mol. The maximum absolute atomic E-state index is 8.94. The Morgan fingerprint density at radius 1 is 1.50 bits per heavy atom. The summed E-state index contributed by atoms with van der Waals surface area (Å²) < 4.78 is 0. The van der Waals surface area contributed by atoms with Gasteiger partial charge in [-0.05, 0) is 26.0 Å². The summed E-state index contributed by atoms with van der Waals surface area (Å²) in [5.41, 5.74) is 0. The minimum absolute atomic E-state index is 0.106. The van der Waals surface area contributed by atoms with Gasteiger partial charge >= 0.3 is 0 Å². The van der Waals surface area contributed by atoms with Crippen LogP contribution in [0.4, 0.5) is 0 Å². The van der Waals surface area contributed by atoms with Crippen molar-refractivity contribution in [1.29, 1.82) is 0 Å². The van der Waals surface area contributed by atoms with Crippen molar-refractivity contribution < 1.29 is 5.11 Å². The molecule has 8 heavy (non-hydrogen) atoms. The molecular formula is C6H11NO. The van der Waals surface area contributed by atoms with Crippen LogP contribution in [0.3, 0.4) is 0 Å². The summed E-state index contributed by atoms with van der Waals surface area (Å²) in [7, 11) is 0. The monoisotopic (exact) mass is 113 g/mol. The van der Waals surface area contributed by atoms with E-state index in [0.717, 1.165) is 19.3 Å². The Hall–Kier alpha value is -0.370. The van der Waals surface area contributed by atoms with E-state index in [1.807, 2.05) is 0 Å². The van der Waals surface area contributed by atoms with Gasteiger partial charge in [0.25, 0.3) is 0 Å². The lowest BCUT2D eigenvalue weighted by Crippen LogP contribution is -2.01. The Kier molecular flexibility index (Phi) is 1.63. The third-order valence-electron chi connectivity index (χ3n) is 1.64. The third kappa shape index (κ3) is 1.07. The molecule has 2 unspecified atom stereocenters. The van der Waals surface area contributed by atoms with Crippen molar-refractivity contribution in [2.75, 3.05) is 0 Å². The van der Waals surface area contributed by atoms with Gasteiger partial charge in [0.1, 0.15) is 0 Å². The summed E-state index contributed by atoms with van der Waals surface area (Å²) in [6.07, 6.45) is 2.64. The highest BCUT2D eigenvalue weighted by Crippen LogP contribution is 2.20. The maximum Gasteiger partial charge on any atom is 0.0561 e. The second-order valence-electron chi connectivity index (χ2n) is 2.30. The fraction of sp³-hybridized carbons (Fsp3) is 0.833. The lowest BCUT2D eigenvalue weighted by Gasteiger charge is -1.97. The number of aliphatic hydroxyl groups is 1. The maximum atomic E-state index is 8.94. The molecule has 0 heterocycles. The first-order valence-corrected chi connectivity index (χ1v) is 2.97. The van der Waals surface area contributed by atoms with Crippen molar-refractivity contribution in [2.24, 2.45) is 4.99 Å². The van der Waals surface area contributed by atoms with E-state index in [9.17, 15) is 0 Å². The fourth-order valence-corrected chi connectivity index (χ4v) is 1.10. The molecule has 2 heteroatoms. The molecule has 0 aromatic carbocycles. The van der Waals surface area contributed by atoms with Crippen LogP contribution in [0.1, 0.15) is 19.3 Å². The number of nitrogens with zero attached hydrogens (tertiary/aromatic N) is 1. The minimum Gasteiger partial charge on any atom is -0.393 e. The van der Waals surface area contributed by atoms with Crippen LogP contribution in [0.25, 0.3) is 0 Å². The lowest BCUT2D eigenvalue weighted by molar-refractivity contribution is 0.181. The third-order valence-corrected chi connectivity index (χ3v) is 1.64. The fourth-order valence-electron chi connectivity index (χ4n) is 1.10. The van der Waals surface area contributed by atoms with Crippen LogP contribution in [-0.4, -0.2) is 24.0 Å². The number of rotatable bonds is 1. The largest absolute Gasteiger partial charge is 0.393 e. The van der Waals surface area contributed by atoms with Gasteiger partial charge in [0.05, 0.1) is 12.1 Å². The summed E-state index contributed by atoms with van der Waals surface area (Å²) >= 11 is 0. The zero-order chi connectivity index (χ0) is 5.98. The summed E-state index contributed by atoms with van der Waals surface area (Å²) in [5, 5.41) is 8.94. The van der Waals surface area contributed by atoms with Crippen LogP contribution in [0.2, 0.25) is 0 Å². The summed E-state index contributed by atoms with van der Waals surface area (Å²) in [5.74, 6) is 0. The first kappa shape index (κ1) is 5.76. The van der Waals surface area contributed by atoms with E-state index in [-0.39, 0.29) is 6.10 Å². The Labute approximate surface area is 49.2 Å². The molecule has 0 bridgehead atoms. The van der Waals surface area contributed by atoms with Crippen LogP contribution < -0.4 is 0 Å². The number of aliphatic hydroxyl groups excluding tert-OH is 1. The lowest BCUT2D eigenvalue weighted by atomic mass is 10.3. The van der Waals surface area contributed by atoms with Crippen LogP contribution >= 0.6 is 0 Å². The van der Waals surface area contributed by atoms with Gasteiger partial charge in [-0.1, -0.05) is 0 Å². The van der Waals surface area contributed by atoms with Crippen molar-refractivity contribution in [3.63, 3.8) is 0 Å². The van der Waals surface area contributed by atoms with Crippen LogP contribution in [-0.2, 0) is 0 Å². The van der Waals surface area contributed by atoms with Gasteiger partial charge in [-0.25, -0.2) is 0 Å². The summed E-state index contributed by atoms with van der Waals surface area (Å²) in [4.78, 5) is 3.83. The molecule has 0 radical (unpaired) electrons. The number of aliphatic imine (C=N–C) groups is 1. The van der Waals surface area contributed by atoms with Gasteiger partial charge < -0.3 is 5.11 Å². The van der Waals surface area contributed by atoms with Gasteiger partial charge in [-0.2, -0.15) is 0 Å². The normalized spacial score (nSPS) is 37.6. The smallest absolute Gasteiger partial charge is 0.0561 e. The Morgan fingerprint density at radius 2 is 2.25 bits per heavy atom. The van der Waals surface area contributed by atoms with Crippen molar-refractivity contribution >= 4 is 6.72 Å². The molecule has 0 saturated heterocycles. The van der Waals surface area contributed by atoms with Crippen molar-refractivity contribution in [3.05, 3.63) is 0 Å². The Bertz CT molecular complexity index is 92.5. The minimum atomic E-state index is -0.106. The summed E-state index contributed by atoms with van der Waals surface area (Å²) in [6, 6.07) is 0.338. The van der Waals surface area contributed by atoms with Crippen molar-refractivity contribution in [3.8, 4) is 0 Å². The van der Waals surface area contributed by atoms with E-state index in [2.05, 4.69) is 11.7 Å². The highest BCUT2D eigenvalue weighted by Gasteiger charge is 2.20. The van der Waals surface area contributed by atoms with Gasteiger partial charge in [0.15, 0.2) is 0 Å². The van der Waals surface area contributed by atoms with E-state index in [1.165, 1.54) is 0 Å². The molecule has 1 aliphatic carbocycles. The predicted molar refractivity (Wildman–Crippen MR) is 33.2 cm³/mol. The van der Waals surface area contributed by atoms with Gasteiger partial charge in [0.2, 0.25) is 0 Å². The molecule has 2 atom stereocenters. The first-order chi connectivity index (χ1) is 3.83. The molecule has 1 fully saturated rings. The SMILES string of the molecule is C=NC1CCC(O)C1. The van der Waals surface area contributed by atoms with Crippen LogP contribution in [0.5, 0.6) is 0 Å². The second-order valence-corrected chi connectivity index (χ2v) is 2.30. The van der Waals surface area contributed by atoms with Crippen molar-refractivity contribution in [1.82, 2.24) is 0 Å². The number of hydrogen-bond acceptors (Lipinski definition) is 2. The molecule has 46 valence electrons. The van der Waals surface area contributed by atoms with E-state index >= 15 is 0 Å². The standard InChI is InChI=1S/C6H11NO/c1-7-5-2-3-6(8)4-5/h5-6,8H,1-4H2. The van der Waals surface area contributed by atoms with E-state index < -0.39 is 0 Å². The Morgan fingerprint density at radius 3 is 2.50 bits per heavy atom. The molecule has 1 saturated carbocycles. The molecule has 0 aliphatic heterocycles. The highest BCUT2D eigenvalue weighted by atomic mass is 16.3. The van der Waals surface area contributed by atoms with E-state index in [4.69, 9.17) is 5.11 Å². The molecule has 0 spiro atoms. The van der Waals surface area contributed by atoms with Crippen LogP contribution in [0.15, 0.2) is 4.99 Å². The average molecular weight is 113 g/mol. The highest BCUT2D eigenvalue weighted by molar-refractivity contribution is 5.24. The van der Waals surface area contributed by atoms with E-state index in [1.54, 1.807) is 0 Å². The molecule has 0 aromatic heterocycles.